The van der Waals surface area contributed by atoms with E-state index in [0.29, 0.717) is 11.6 Å². The minimum absolute atomic E-state index is 0.257. The Labute approximate surface area is 176 Å². The average molecular weight is 409 g/mol. The largest absolute Gasteiger partial charge is 0.478 e. The number of aromatic carboxylic acids is 1. The number of carboxylic acid groups (broad SMARTS) is 1. The zero-order valence-electron chi connectivity index (χ0n) is 17.5. The molecule has 4 rings (SSSR count). The Bertz CT molecular complexity index is 955. The summed E-state index contributed by atoms with van der Waals surface area (Å²) in [5.41, 5.74) is 3.22. The van der Waals surface area contributed by atoms with E-state index in [2.05, 4.69) is 15.1 Å². The van der Waals surface area contributed by atoms with Crippen molar-refractivity contribution in [3.8, 4) is 0 Å². The van der Waals surface area contributed by atoms with Crippen LogP contribution in [0.25, 0.3) is 0 Å². The molecule has 7 heteroatoms. The summed E-state index contributed by atoms with van der Waals surface area (Å²) in [6.45, 7) is 2.67. The van der Waals surface area contributed by atoms with Gasteiger partial charge in [-0.15, -0.1) is 0 Å². The van der Waals surface area contributed by atoms with Crippen LogP contribution >= 0.6 is 0 Å². The van der Waals surface area contributed by atoms with Gasteiger partial charge < -0.3 is 25.0 Å². The zero-order chi connectivity index (χ0) is 21.3. The summed E-state index contributed by atoms with van der Waals surface area (Å²) in [6, 6.07) is 9.30. The number of hydrogen-bond acceptors (Lipinski definition) is 6. The maximum Gasteiger partial charge on any atom is 0.335 e. The van der Waals surface area contributed by atoms with Crippen molar-refractivity contribution in [1.82, 2.24) is 4.98 Å². The quantitative estimate of drug-likeness (QED) is 0.673. The first kappa shape index (κ1) is 20.2. The number of aromatic nitrogens is 1. The van der Waals surface area contributed by atoms with Gasteiger partial charge in [0, 0.05) is 25.3 Å². The van der Waals surface area contributed by atoms with Gasteiger partial charge in [-0.05, 0) is 62.1 Å². The summed E-state index contributed by atoms with van der Waals surface area (Å²) in [7, 11) is 1.87. The molecular weight excluding hydrogens is 380 g/mol. The molecule has 1 aromatic heterocycles. The Morgan fingerprint density at radius 3 is 2.73 bits per heavy atom. The van der Waals surface area contributed by atoms with E-state index in [1.807, 2.05) is 32.2 Å². The maximum atomic E-state index is 11.7. The van der Waals surface area contributed by atoms with Crippen LogP contribution in [0.5, 0.6) is 0 Å². The third-order valence-corrected chi connectivity index (χ3v) is 6.23. The van der Waals surface area contributed by atoms with Crippen LogP contribution in [0.4, 0.5) is 23.0 Å². The SMILES string of the molecule is CNc1ccc(N2CCc3cc(C(=O)O)ccc32)nc1N(C1CCCC1)[C@H](C)C=O. The lowest BCUT2D eigenvalue weighted by Gasteiger charge is -2.35. The molecule has 1 atom stereocenters. The first-order valence-corrected chi connectivity index (χ1v) is 10.6. The van der Waals surface area contributed by atoms with Crippen LogP contribution in [-0.2, 0) is 11.2 Å². The van der Waals surface area contributed by atoms with Crippen LogP contribution in [-0.4, -0.2) is 48.0 Å². The van der Waals surface area contributed by atoms with Gasteiger partial charge in [0.25, 0.3) is 0 Å². The van der Waals surface area contributed by atoms with Gasteiger partial charge in [0.2, 0.25) is 0 Å². The van der Waals surface area contributed by atoms with Gasteiger partial charge in [0.05, 0.1) is 17.3 Å². The van der Waals surface area contributed by atoms with Gasteiger partial charge >= 0.3 is 5.97 Å². The second-order valence-corrected chi connectivity index (χ2v) is 8.06. The molecule has 1 fully saturated rings. The molecule has 1 aromatic carbocycles. The summed E-state index contributed by atoms with van der Waals surface area (Å²) in [6.07, 6.45) is 6.25. The minimum Gasteiger partial charge on any atom is -0.478 e. The summed E-state index contributed by atoms with van der Waals surface area (Å²) < 4.78 is 0. The lowest BCUT2D eigenvalue weighted by molar-refractivity contribution is -0.108. The number of carboxylic acids is 1. The number of aldehydes is 1. The Kier molecular flexibility index (Phi) is 5.61. The van der Waals surface area contributed by atoms with Gasteiger partial charge in [-0.2, -0.15) is 0 Å². The van der Waals surface area contributed by atoms with Crippen molar-refractivity contribution >= 4 is 35.3 Å². The highest BCUT2D eigenvalue weighted by molar-refractivity contribution is 5.89. The van der Waals surface area contributed by atoms with Crippen LogP contribution in [0.1, 0.15) is 48.5 Å². The number of nitrogens with one attached hydrogen (secondary N) is 1. The molecule has 1 saturated carbocycles. The summed E-state index contributed by atoms with van der Waals surface area (Å²) in [4.78, 5) is 32.3. The predicted octanol–water partition coefficient (Wildman–Crippen LogP) is 3.85. The van der Waals surface area contributed by atoms with Crippen molar-refractivity contribution in [2.24, 2.45) is 0 Å². The second kappa shape index (κ2) is 8.34. The highest BCUT2D eigenvalue weighted by atomic mass is 16.4. The van der Waals surface area contributed by atoms with E-state index in [9.17, 15) is 14.7 Å². The smallest absolute Gasteiger partial charge is 0.335 e. The fourth-order valence-corrected chi connectivity index (χ4v) is 4.70. The molecule has 0 spiro atoms. The molecule has 2 heterocycles. The normalized spacial score (nSPS) is 16.9. The van der Waals surface area contributed by atoms with Crippen molar-refractivity contribution in [2.45, 2.75) is 51.1 Å². The molecule has 1 aliphatic carbocycles. The number of carbonyl (C=O) groups excluding carboxylic acids is 1. The summed E-state index contributed by atoms with van der Waals surface area (Å²) in [5, 5.41) is 12.5. The predicted molar refractivity (Wildman–Crippen MR) is 118 cm³/mol. The Hall–Kier alpha value is -3.09. The molecule has 0 radical (unpaired) electrons. The van der Waals surface area contributed by atoms with Crippen LogP contribution in [0.2, 0.25) is 0 Å². The average Bonchev–Trinajstić information content (AvgIpc) is 3.43. The van der Waals surface area contributed by atoms with Gasteiger partial charge in [0.15, 0.2) is 5.82 Å². The standard InChI is InChI=1S/C23H28N4O3/c1-15(14-28)27(18-5-3-4-6-18)22-19(24-2)8-10-21(25-22)26-12-11-16-13-17(23(29)30)7-9-20(16)26/h7-10,13-15,18,24H,3-6,11-12H2,1-2H3,(H,29,30)/t15-/m1/s1. The Morgan fingerprint density at radius 1 is 1.30 bits per heavy atom. The number of anilines is 4. The molecule has 1 aliphatic heterocycles. The lowest BCUT2D eigenvalue weighted by Crippen LogP contribution is -2.42. The number of hydrogen-bond donors (Lipinski definition) is 2. The molecule has 2 N–H and O–H groups in total. The molecule has 30 heavy (non-hydrogen) atoms. The monoisotopic (exact) mass is 408 g/mol. The Balaban J connectivity index is 1.73. The summed E-state index contributed by atoms with van der Waals surface area (Å²) in [5.74, 6) is 0.703. The second-order valence-electron chi connectivity index (χ2n) is 8.06. The molecule has 0 bridgehead atoms. The van der Waals surface area contributed by atoms with E-state index >= 15 is 0 Å². The number of carbonyl (C=O) groups is 2. The van der Waals surface area contributed by atoms with Crippen molar-refractivity contribution in [2.75, 3.05) is 28.7 Å². The molecule has 2 aliphatic rings. The molecule has 0 amide bonds. The summed E-state index contributed by atoms with van der Waals surface area (Å²) >= 11 is 0. The highest BCUT2D eigenvalue weighted by Gasteiger charge is 2.30. The van der Waals surface area contributed by atoms with Gasteiger partial charge in [-0.1, -0.05) is 12.8 Å². The number of pyridine rings is 1. The lowest BCUT2D eigenvalue weighted by atomic mass is 10.1. The highest BCUT2D eigenvalue weighted by Crippen LogP contribution is 2.38. The Morgan fingerprint density at radius 2 is 2.07 bits per heavy atom. The van der Waals surface area contributed by atoms with E-state index in [1.54, 1.807) is 12.1 Å². The van der Waals surface area contributed by atoms with E-state index < -0.39 is 5.97 Å². The molecule has 0 unspecified atom stereocenters. The molecular formula is C23H28N4O3. The first-order chi connectivity index (χ1) is 14.5. The number of benzene rings is 1. The van der Waals surface area contributed by atoms with Crippen LogP contribution in [0.15, 0.2) is 30.3 Å². The van der Waals surface area contributed by atoms with Crippen LogP contribution in [0, 0.1) is 0 Å². The number of nitrogens with zero attached hydrogens (tertiary/aromatic N) is 3. The van der Waals surface area contributed by atoms with Crippen molar-refractivity contribution in [1.29, 1.82) is 0 Å². The van der Waals surface area contributed by atoms with Crippen molar-refractivity contribution < 1.29 is 14.7 Å². The van der Waals surface area contributed by atoms with Crippen LogP contribution < -0.4 is 15.1 Å². The number of fused-ring (bicyclic) bond motifs is 1. The minimum atomic E-state index is -0.912. The van der Waals surface area contributed by atoms with Gasteiger partial charge in [-0.25, -0.2) is 9.78 Å². The molecule has 0 saturated heterocycles. The first-order valence-electron chi connectivity index (χ1n) is 10.6. The third kappa shape index (κ3) is 3.60. The molecule has 7 nitrogen and oxygen atoms in total. The fourth-order valence-electron chi connectivity index (χ4n) is 4.70. The molecule has 158 valence electrons. The van der Waals surface area contributed by atoms with Gasteiger partial charge in [0.1, 0.15) is 12.1 Å². The zero-order valence-corrected chi connectivity index (χ0v) is 17.5. The topological polar surface area (TPSA) is 85.8 Å². The van der Waals surface area contributed by atoms with E-state index in [0.717, 1.165) is 60.7 Å². The van der Waals surface area contributed by atoms with Gasteiger partial charge in [-0.3, -0.25) is 0 Å². The van der Waals surface area contributed by atoms with E-state index in [4.69, 9.17) is 4.98 Å². The van der Waals surface area contributed by atoms with E-state index in [-0.39, 0.29) is 6.04 Å². The fraction of sp³-hybridized carbons (Fsp3) is 0.435. The maximum absolute atomic E-state index is 11.7. The van der Waals surface area contributed by atoms with Crippen molar-refractivity contribution in [3.05, 3.63) is 41.5 Å². The van der Waals surface area contributed by atoms with Crippen molar-refractivity contribution in [3.63, 3.8) is 0 Å². The van der Waals surface area contributed by atoms with E-state index in [1.165, 1.54) is 12.8 Å². The van der Waals surface area contributed by atoms with Crippen LogP contribution in [0.3, 0.4) is 0 Å². The molecule has 2 aromatic rings. The third-order valence-electron chi connectivity index (χ3n) is 6.23. The number of rotatable bonds is 7.